The van der Waals surface area contributed by atoms with Gasteiger partial charge in [-0.25, -0.2) is 14.0 Å². The first kappa shape index (κ1) is 20.9. The van der Waals surface area contributed by atoms with E-state index in [4.69, 9.17) is 14.2 Å². The molecule has 0 heterocycles. The molecule has 0 aliphatic carbocycles. The number of halogens is 1. The van der Waals surface area contributed by atoms with Gasteiger partial charge in [0.2, 0.25) is 0 Å². The molecule has 0 saturated carbocycles. The standard InChI is InChI=1S/C22H21FO5/c1-14(2)21(24)27-12-11-15(3)22(25)28-18-9-10-19(20(23)13-18)16-5-7-17(26-4)8-6-16/h5-10,13H,1,3,11-12H2,2,4H3. The van der Waals surface area contributed by atoms with Gasteiger partial charge in [0.05, 0.1) is 13.7 Å². The predicted molar refractivity (Wildman–Crippen MR) is 104 cm³/mol. The van der Waals surface area contributed by atoms with Crippen LogP contribution in [0.3, 0.4) is 0 Å². The normalized spacial score (nSPS) is 10.1. The van der Waals surface area contributed by atoms with Crippen LogP contribution in [0.5, 0.6) is 11.5 Å². The summed E-state index contributed by atoms with van der Waals surface area (Å²) in [6, 6.07) is 11.1. The van der Waals surface area contributed by atoms with E-state index in [0.29, 0.717) is 16.9 Å². The second-order valence-electron chi connectivity index (χ2n) is 6.03. The molecule has 0 unspecified atom stereocenters. The van der Waals surface area contributed by atoms with E-state index in [1.165, 1.54) is 19.1 Å². The summed E-state index contributed by atoms with van der Waals surface area (Å²) < 4.78 is 29.5. The van der Waals surface area contributed by atoms with Crippen molar-refractivity contribution in [3.8, 4) is 22.6 Å². The van der Waals surface area contributed by atoms with Gasteiger partial charge in [0, 0.05) is 29.2 Å². The average molecular weight is 384 g/mol. The van der Waals surface area contributed by atoms with Gasteiger partial charge in [0.25, 0.3) is 0 Å². The van der Waals surface area contributed by atoms with Crippen molar-refractivity contribution in [3.63, 3.8) is 0 Å². The minimum Gasteiger partial charge on any atom is -0.497 e. The number of esters is 2. The van der Waals surface area contributed by atoms with Crippen LogP contribution in [0.2, 0.25) is 0 Å². The fourth-order valence-electron chi connectivity index (χ4n) is 2.24. The summed E-state index contributed by atoms with van der Waals surface area (Å²) in [7, 11) is 1.55. The summed E-state index contributed by atoms with van der Waals surface area (Å²) in [4.78, 5) is 23.3. The molecule has 0 radical (unpaired) electrons. The minimum absolute atomic E-state index is 0.0234. The molecule has 0 amide bonds. The monoisotopic (exact) mass is 384 g/mol. The van der Waals surface area contributed by atoms with Crippen LogP contribution >= 0.6 is 0 Å². The lowest BCUT2D eigenvalue weighted by molar-refractivity contribution is -0.139. The third-order valence-electron chi connectivity index (χ3n) is 3.83. The molecule has 0 aromatic heterocycles. The minimum atomic E-state index is -0.719. The van der Waals surface area contributed by atoms with E-state index in [9.17, 15) is 14.0 Å². The highest BCUT2D eigenvalue weighted by Gasteiger charge is 2.13. The quantitative estimate of drug-likeness (QED) is 0.382. The molecular formula is C22H21FO5. The van der Waals surface area contributed by atoms with E-state index in [1.54, 1.807) is 31.4 Å². The zero-order valence-electron chi connectivity index (χ0n) is 15.8. The van der Waals surface area contributed by atoms with Crippen molar-refractivity contribution in [1.82, 2.24) is 0 Å². The second kappa shape index (κ2) is 9.50. The summed E-state index contributed by atoms with van der Waals surface area (Å²) in [6.45, 7) is 8.56. The third kappa shape index (κ3) is 5.54. The Morgan fingerprint density at radius 2 is 1.64 bits per heavy atom. The van der Waals surface area contributed by atoms with Crippen molar-refractivity contribution < 1.29 is 28.2 Å². The van der Waals surface area contributed by atoms with Crippen molar-refractivity contribution in [3.05, 3.63) is 72.6 Å². The maximum absolute atomic E-state index is 14.4. The molecule has 2 rings (SSSR count). The highest BCUT2D eigenvalue weighted by Crippen LogP contribution is 2.28. The fourth-order valence-corrected chi connectivity index (χ4v) is 2.24. The Morgan fingerprint density at radius 3 is 2.21 bits per heavy atom. The van der Waals surface area contributed by atoms with Gasteiger partial charge in [-0.05, 0) is 36.8 Å². The van der Waals surface area contributed by atoms with Gasteiger partial charge < -0.3 is 14.2 Å². The molecule has 6 heteroatoms. The lowest BCUT2D eigenvalue weighted by Gasteiger charge is -2.10. The predicted octanol–water partition coefficient (Wildman–Crippen LogP) is 4.47. The molecule has 0 bridgehead atoms. The number of rotatable bonds is 8. The van der Waals surface area contributed by atoms with Gasteiger partial charge in [0.15, 0.2) is 0 Å². The molecule has 0 fully saturated rings. The second-order valence-corrected chi connectivity index (χ2v) is 6.03. The number of benzene rings is 2. The fraction of sp³-hybridized carbons (Fsp3) is 0.182. The van der Waals surface area contributed by atoms with Gasteiger partial charge in [0.1, 0.15) is 17.3 Å². The molecule has 28 heavy (non-hydrogen) atoms. The number of carbonyl (C=O) groups is 2. The Hall–Kier alpha value is -3.41. The molecule has 5 nitrogen and oxygen atoms in total. The van der Waals surface area contributed by atoms with Crippen LogP contribution in [0.4, 0.5) is 4.39 Å². The average Bonchev–Trinajstić information content (AvgIpc) is 2.68. The third-order valence-corrected chi connectivity index (χ3v) is 3.83. The SMILES string of the molecule is C=C(C)C(=O)OCCC(=C)C(=O)Oc1ccc(-c2ccc(OC)cc2)c(F)c1. The molecule has 0 aliphatic heterocycles. The van der Waals surface area contributed by atoms with Crippen LogP contribution in [0.25, 0.3) is 11.1 Å². The van der Waals surface area contributed by atoms with Crippen molar-refractivity contribution >= 4 is 11.9 Å². The number of carbonyl (C=O) groups excluding carboxylic acids is 2. The molecule has 0 aliphatic rings. The van der Waals surface area contributed by atoms with E-state index in [-0.39, 0.29) is 29.9 Å². The first-order valence-corrected chi connectivity index (χ1v) is 8.48. The summed E-state index contributed by atoms with van der Waals surface area (Å²) in [5, 5.41) is 0. The molecule has 2 aromatic rings. The zero-order chi connectivity index (χ0) is 20.7. The summed E-state index contributed by atoms with van der Waals surface area (Å²) in [6.07, 6.45) is 0.101. The molecule has 0 saturated heterocycles. The van der Waals surface area contributed by atoms with Crippen LogP contribution in [0, 0.1) is 5.82 Å². The Kier molecular flexibility index (Phi) is 7.09. The summed E-state index contributed by atoms with van der Waals surface area (Å²) in [5.41, 5.74) is 1.41. The summed E-state index contributed by atoms with van der Waals surface area (Å²) in [5.74, 6) is -1.07. The van der Waals surface area contributed by atoms with Gasteiger partial charge in [-0.2, -0.15) is 0 Å². The molecule has 0 spiro atoms. The maximum Gasteiger partial charge on any atom is 0.338 e. The Labute approximate surface area is 163 Å². The topological polar surface area (TPSA) is 61.8 Å². The van der Waals surface area contributed by atoms with Crippen molar-refractivity contribution in [2.75, 3.05) is 13.7 Å². The van der Waals surface area contributed by atoms with Gasteiger partial charge in [-0.15, -0.1) is 0 Å². The lowest BCUT2D eigenvalue weighted by Crippen LogP contribution is -2.14. The number of hydrogen-bond acceptors (Lipinski definition) is 5. The molecule has 0 N–H and O–H groups in total. The lowest BCUT2D eigenvalue weighted by atomic mass is 10.0. The van der Waals surface area contributed by atoms with Gasteiger partial charge >= 0.3 is 11.9 Å². The van der Waals surface area contributed by atoms with Crippen LogP contribution in [-0.4, -0.2) is 25.7 Å². The molecule has 146 valence electrons. The first-order chi connectivity index (χ1) is 13.3. The summed E-state index contributed by atoms with van der Waals surface area (Å²) >= 11 is 0. The van der Waals surface area contributed by atoms with E-state index >= 15 is 0 Å². The van der Waals surface area contributed by atoms with Crippen molar-refractivity contribution in [1.29, 1.82) is 0 Å². The van der Waals surface area contributed by atoms with Crippen LogP contribution in [-0.2, 0) is 14.3 Å². The van der Waals surface area contributed by atoms with E-state index < -0.39 is 17.8 Å². The van der Waals surface area contributed by atoms with Crippen molar-refractivity contribution in [2.24, 2.45) is 0 Å². The first-order valence-electron chi connectivity index (χ1n) is 8.48. The van der Waals surface area contributed by atoms with E-state index in [0.717, 1.165) is 6.07 Å². The van der Waals surface area contributed by atoms with Gasteiger partial charge in [-0.1, -0.05) is 25.3 Å². The molecular weight excluding hydrogens is 363 g/mol. The van der Waals surface area contributed by atoms with Crippen molar-refractivity contribution in [2.45, 2.75) is 13.3 Å². The van der Waals surface area contributed by atoms with E-state index in [1.807, 2.05) is 0 Å². The van der Waals surface area contributed by atoms with Crippen LogP contribution in [0.15, 0.2) is 66.8 Å². The van der Waals surface area contributed by atoms with Crippen LogP contribution in [0.1, 0.15) is 13.3 Å². The largest absolute Gasteiger partial charge is 0.497 e. The number of hydrogen-bond donors (Lipinski definition) is 0. The Morgan fingerprint density at radius 1 is 1.00 bits per heavy atom. The Balaban J connectivity index is 1.97. The van der Waals surface area contributed by atoms with Crippen LogP contribution < -0.4 is 9.47 Å². The zero-order valence-corrected chi connectivity index (χ0v) is 15.8. The smallest absolute Gasteiger partial charge is 0.338 e. The molecule has 0 atom stereocenters. The van der Waals surface area contributed by atoms with Gasteiger partial charge in [-0.3, -0.25) is 0 Å². The Bertz CT molecular complexity index is 900. The highest BCUT2D eigenvalue weighted by atomic mass is 19.1. The number of methoxy groups -OCH3 is 1. The maximum atomic E-state index is 14.4. The number of ether oxygens (including phenoxy) is 3. The molecule has 2 aromatic carbocycles. The van der Waals surface area contributed by atoms with E-state index in [2.05, 4.69) is 13.2 Å². The highest BCUT2D eigenvalue weighted by molar-refractivity contribution is 5.90.